The number of anilines is 2. The lowest BCUT2D eigenvalue weighted by atomic mass is 10.1. The smallest absolute Gasteiger partial charge is 0.255 e. The van der Waals surface area contributed by atoms with Crippen molar-refractivity contribution in [1.29, 1.82) is 0 Å². The van der Waals surface area contributed by atoms with Crippen molar-refractivity contribution in [3.8, 4) is 11.5 Å². The van der Waals surface area contributed by atoms with Crippen LogP contribution in [0.15, 0.2) is 66.7 Å². The molecule has 2 aliphatic rings. The second-order valence-electron chi connectivity index (χ2n) is 10.2. The first kappa shape index (κ1) is 26.7. The van der Waals surface area contributed by atoms with E-state index in [-0.39, 0.29) is 5.69 Å². The van der Waals surface area contributed by atoms with Gasteiger partial charge < -0.3 is 25.4 Å². The molecule has 1 unspecified atom stereocenters. The molecule has 0 radical (unpaired) electrons. The molecule has 6 rings (SSSR count). The first-order chi connectivity index (χ1) is 19.9. The fourth-order valence-electron chi connectivity index (χ4n) is 5.00. The second-order valence-corrected chi connectivity index (χ2v) is 10.2. The molecule has 10 heteroatoms. The Morgan fingerprint density at radius 1 is 0.951 bits per heavy atom. The Kier molecular flexibility index (Phi) is 7.49. The zero-order chi connectivity index (χ0) is 28.3. The Morgan fingerprint density at radius 3 is 2.59 bits per heavy atom. The summed E-state index contributed by atoms with van der Waals surface area (Å²) >= 11 is 0. The van der Waals surface area contributed by atoms with Crippen molar-refractivity contribution in [3.63, 3.8) is 0 Å². The van der Waals surface area contributed by atoms with Gasteiger partial charge in [0.2, 0.25) is 0 Å². The van der Waals surface area contributed by atoms with E-state index in [2.05, 4.69) is 27.8 Å². The van der Waals surface area contributed by atoms with E-state index in [0.717, 1.165) is 42.8 Å². The van der Waals surface area contributed by atoms with Crippen molar-refractivity contribution in [2.24, 2.45) is 0 Å². The maximum Gasteiger partial charge on any atom is 0.255 e. The van der Waals surface area contributed by atoms with E-state index in [1.54, 1.807) is 36.4 Å². The first-order valence-corrected chi connectivity index (χ1v) is 13.6. The molecular weight excluding hydrogens is 525 g/mol. The lowest BCUT2D eigenvalue weighted by molar-refractivity contribution is 0.101. The number of hydrogen-bond acceptors (Lipinski definition) is 7. The highest BCUT2D eigenvalue weighted by Gasteiger charge is 2.19. The monoisotopic (exact) mass is 555 g/mol. The number of nitrogens with one attached hydrogen (secondary N) is 3. The number of piperazine rings is 1. The van der Waals surface area contributed by atoms with Crippen LogP contribution in [0.5, 0.6) is 11.5 Å². The number of fused-ring (bicyclic) bond motifs is 2. The van der Waals surface area contributed by atoms with Crippen molar-refractivity contribution in [2.75, 3.05) is 43.5 Å². The molecule has 2 aliphatic heterocycles. The molecule has 0 aliphatic carbocycles. The fraction of sp³-hybridized carbons (Fsp3) is 0.258. The van der Waals surface area contributed by atoms with E-state index in [1.807, 2.05) is 12.1 Å². The molecule has 2 amide bonds. The molecule has 41 heavy (non-hydrogen) atoms. The maximum atomic E-state index is 14.6. The summed E-state index contributed by atoms with van der Waals surface area (Å²) in [5.41, 5.74) is 2.77. The molecule has 1 saturated heterocycles. The molecule has 4 aromatic rings. The van der Waals surface area contributed by atoms with Gasteiger partial charge in [-0.15, -0.1) is 0 Å². The summed E-state index contributed by atoms with van der Waals surface area (Å²) in [6.45, 7) is 6.72. The third-order valence-corrected chi connectivity index (χ3v) is 7.29. The van der Waals surface area contributed by atoms with Gasteiger partial charge >= 0.3 is 0 Å². The fourth-order valence-corrected chi connectivity index (χ4v) is 5.00. The Labute approximate surface area is 236 Å². The Hall–Kier alpha value is -4.54. The molecule has 1 fully saturated rings. The number of rotatable bonds is 6. The summed E-state index contributed by atoms with van der Waals surface area (Å²) in [6, 6.07) is 18.5. The Morgan fingerprint density at radius 2 is 1.73 bits per heavy atom. The van der Waals surface area contributed by atoms with Gasteiger partial charge in [-0.2, -0.15) is 0 Å². The van der Waals surface area contributed by atoms with Crippen molar-refractivity contribution < 1.29 is 23.5 Å². The van der Waals surface area contributed by atoms with E-state index in [9.17, 15) is 14.0 Å². The normalized spacial score (nSPS) is 16.8. The van der Waals surface area contributed by atoms with Gasteiger partial charge in [0.05, 0.1) is 16.9 Å². The van der Waals surface area contributed by atoms with Crippen LogP contribution < -0.4 is 25.4 Å². The van der Waals surface area contributed by atoms with Crippen molar-refractivity contribution in [2.45, 2.75) is 19.5 Å². The lowest BCUT2D eigenvalue weighted by Crippen LogP contribution is -2.49. The van der Waals surface area contributed by atoms with Crippen molar-refractivity contribution >= 4 is 34.1 Å². The number of aromatic nitrogens is 1. The molecule has 1 aromatic heterocycles. The number of carbonyl (C=O) groups excluding carboxylic acids is 2. The third-order valence-electron chi connectivity index (χ3n) is 7.29. The average Bonchev–Trinajstić information content (AvgIpc) is 2.99. The summed E-state index contributed by atoms with van der Waals surface area (Å²) in [5.74, 6) is -0.426. The van der Waals surface area contributed by atoms with Crippen LogP contribution in [-0.4, -0.2) is 60.6 Å². The number of amides is 2. The molecule has 3 aromatic carbocycles. The van der Waals surface area contributed by atoms with E-state index in [0.29, 0.717) is 47.6 Å². The van der Waals surface area contributed by atoms with E-state index < -0.39 is 17.6 Å². The van der Waals surface area contributed by atoms with Crippen LogP contribution >= 0.6 is 0 Å². The van der Waals surface area contributed by atoms with Crippen LogP contribution in [0.2, 0.25) is 0 Å². The molecular formula is C31H30FN5O4. The molecule has 9 nitrogen and oxygen atoms in total. The number of hydrogen-bond donors (Lipinski definition) is 3. The van der Waals surface area contributed by atoms with E-state index >= 15 is 0 Å². The van der Waals surface area contributed by atoms with Crippen LogP contribution in [0.3, 0.4) is 0 Å². The molecule has 210 valence electrons. The molecule has 1 atom stereocenters. The SMILES string of the molecule is CC1CNCCN1Cc1ccc2cc(C(=O)Nc3cc(NC(=O)c4ccc5c(c4)OCCO5)ccc3F)ccc2n1. The summed E-state index contributed by atoms with van der Waals surface area (Å²) in [5, 5.41) is 9.57. The molecule has 0 spiro atoms. The second kappa shape index (κ2) is 11.5. The number of benzene rings is 3. The summed E-state index contributed by atoms with van der Waals surface area (Å²) in [6.07, 6.45) is 0. The standard InChI is InChI=1S/C31H30FN5O4/c1-19-17-33-10-11-37(19)18-24-5-2-20-14-21(3-8-26(20)34-24)31(39)36-27-16-23(6-7-25(27)32)35-30(38)22-4-9-28-29(15-22)41-13-12-40-28/h2-9,14-16,19,33H,10-13,17-18H2,1H3,(H,35,38)(H,36,39). The zero-order valence-electron chi connectivity index (χ0n) is 22.6. The molecule has 3 N–H and O–H groups in total. The van der Waals surface area contributed by atoms with Crippen LogP contribution in [0.4, 0.5) is 15.8 Å². The van der Waals surface area contributed by atoms with Gasteiger partial charge in [-0.25, -0.2) is 4.39 Å². The summed E-state index contributed by atoms with van der Waals surface area (Å²) in [4.78, 5) is 33.0. The molecule has 0 bridgehead atoms. The van der Waals surface area contributed by atoms with Gasteiger partial charge in [-0.1, -0.05) is 6.07 Å². The Bertz CT molecular complexity index is 1630. The molecule has 0 saturated carbocycles. The number of ether oxygens (including phenoxy) is 2. The minimum absolute atomic E-state index is 0.0475. The van der Waals surface area contributed by atoms with Crippen molar-refractivity contribution in [3.05, 3.63) is 89.4 Å². The van der Waals surface area contributed by atoms with Crippen molar-refractivity contribution in [1.82, 2.24) is 15.2 Å². The highest BCUT2D eigenvalue weighted by atomic mass is 19.1. The van der Waals surface area contributed by atoms with Gasteiger partial charge in [0.25, 0.3) is 11.8 Å². The first-order valence-electron chi connectivity index (χ1n) is 13.6. The van der Waals surface area contributed by atoms with Gasteiger partial charge in [0, 0.05) is 54.4 Å². The third kappa shape index (κ3) is 5.98. The minimum Gasteiger partial charge on any atom is -0.486 e. The quantitative estimate of drug-likeness (QED) is 0.323. The van der Waals surface area contributed by atoms with Gasteiger partial charge in [0.1, 0.15) is 19.0 Å². The van der Waals surface area contributed by atoms with E-state index in [1.165, 1.54) is 18.2 Å². The van der Waals surface area contributed by atoms with Crippen LogP contribution in [-0.2, 0) is 6.54 Å². The van der Waals surface area contributed by atoms with Crippen LogP contribution in [0, 0.1) is 5.82 Å². The van der Waals surface area contributed by atoms with E-state index in [4.69, 9.17) is 14.5 Å². The van der Waals surface area contributed by atoms with Crippen LogP contribution in [0.25, 0.3) is 10.9 Å². The zero-order valence-corrected chi connectivity index (χ0v) is 22.6. The van der Waals surface area contributed by atoms with Crippen LogP contribution in [0.1, 0.15) is 33.3 Å². The minimum atomic E-state index is -0.620. The van der Waals surface area contributed by atoms with Gasteiger partial charge in [-0.05, 0) is 67.6 Å². The van der Waals surface area contributed by atoms with Gasteiger partial charge in [0.15, 0.2) is 11.5 Å². The predicted octanol–water partition coefficient (Wildman–Crippen LogP) is 4.44. The van der Waals surface area contributed by atoms with Gasteiger partial charge in [-0.3, -0.25) is 19.5 Å². The highest BCUT2D eigenvalue weighted by Crippen LogP contribution is 2.31. The average molecular weight is 556 g/mol. The summed E-state index contributed by atoms with van der Waals surface area (Å²) < 4.78 is 25.7. The predicted molar refractivity (Wildman–Crippen MR) is 154 cm³/mol. The number of pyridine rings is 1. The summed E-state index contributed by atoms with van der Waals surface area (Å²) in [7, 11) is 0. The largest absolute Gasteiger partial charge is 0.486 e. The lowest BCUT2D eigenvalue weighted by Gasteiger charge is -2.33. The topological polar surface area (TPSA) is 105 Å². The number of halogens is 1. The number of nitrogens with zero attached hydrogens (tertiary/aromatic N) is 2. The maximum absolute atomic E-state index is 14.6. The highest BCUT2D eigenvalue weighted by molar-refractivity contribution is 6.07. The molecule has 3 heterocycles. The number of carbonyl (C=O) groups is 2. The Balaban J connectivity index is 1.14.